The Morgan fingerprint density at radius 3 is 2.52 bits per heavy atom. The van der Waals surface area contributed by atoms with E-state index < -0.39 is 0 Å². The van der Waals surface area contributed by atoms with Gasteiger partial charge in [-0.05, 0) is 42.3 Å². The minimum atomic E-state index is 0.246. The van der Waals surface area contributed by atoms with Gasteiger partial charge >= 0.3 is 0 Å². The summed E-state index contributed by atoms with van der Waals surface area (Å²) in [4.78, 5) is 17.8. The average molecular weight is 417 g/mol. The van der Waals surface area contributed by atoms with Gasteiger partial charge in [-0.25, -0.2) is 0 Å². The van der Waals surface area contributed by atoms with Gasteiger partial charge in [0.2, 0.25) is 17.2 Å². The molecule has 29 heavy (non-hydrogen) atoms. The highest BCUT2D eigenvalue weighted by Crippen LogP contribution is 2.25. The number of aromatic nitrogens is 3. The summed E-state index contributed by atoms with van der Waals surface area (Å²) < 4.78 is 5.39. The fourth-order valence-electron chi connectivity index (χ4n) is 4.00. The van der Waals surface area contributed by atoms with Crippen molar-refractivity contribution in [3.63, 3.8) is 0 Å². The van der Waals surface area contributed by atoms with Gasteiger partial charge in [0, 0.05) is 39.3 Å². The number of nitrogens with zero attached hydrogens (tertiary/aromatic N) is 5. The number of ether oxygens (including phenoxy) is 1. The number of rotatable bonds is 7. The summed E-state index contributed by atoms with van der Waals surface area (Å²) in [5.41, 5.74) is 1.42. The molecule has 0 aliphatic carbocycles. The second kappa shape index (κ2) is 10.2. The van der Waals surface area contributed by atoms with Crippen LogP contribution in [0.3, 0.4) is 0 Å². The third-order valence-electron chi connectivity index (χ3n) is 5.68. The topological polar surface area (TPSA) is 66.4 Å². The second-order valence-corrected chi connectivity index (χ2v) is 8.07. The van der Waals surface area contributed by atoms with E-state index in [-0.39, 0.29) is 5.28 Å². The normalized spacial score (nSPS) is 18.7. The van der Waals surface area contributed by atoms with Gasteiger partial charge < -0.3 is 15.0 Å². The molecule has 2 aliphatic rings. The van der Waals surface area contributed by atoms with Crippen LogP contribution in [-0.2, 0) is 11.2 Å². The van der Waals surface area contributed by atoms with Crippen molar-refractivity contribution in [2.75, 3.05) is 62.7 Å². The Bertz CT molecular complexity index is 763. The van der Waals surface area contributed by atoms with Crippen molar-refractivity contribution >= 4 is 23.5 Å². The zero-order valence-corrected chi connectivity index (χ0v) is 17.5. The Morgan fingerprint density at radius 1 is 1.00 bits per heavy atom. The molecule has 2 aliphatic heterocycles. The highest BCUT2D eigenvalue weighted by atomic mass is 35.5. The summed E-state index contributed by atoms with van der Waals surface area (Å²) in [5.74, 6) is 1.94. The molecule has 4 rings (SSSR count). The van der Waals surface area contributed by atoms with Crippen LogP contribution in [0.4, 0.5) is 11.9 Å². The number of morpholine rings is 1. The van der Waals surface area contributed by atoms with Crippen molar-refractivity contribution < 1.29 is 4.74 Å². The van der Waals surface area contributed by atoms with E-state index in [1.165, 1.54) is 5.56 Å². The molecule has 0 saturated carbocycles. The lowest BCUT2D eigenvalue weighted by Crippen LogP contribution is -2.39. The Morgan fingerprint density at radius 2 is 1.76 bits per heavy atom. The quantitative estimate of drug-likeness (QED) is 0.744. The third kappa shape index (κ3) is 6.01. The van der Waals surface area contributed by atoms with Gasteiger partial charge in [0.05, 0.1) is 13.2 Å². The van der Waals surface area contributed by atoms with Gasteiger partial charge in [-0.15, -0.1) is 0 Å². The summed E-state index contributed by atoms with van der Waals surface area (Å²) >= 11 is 6.18. The van der Waals surface area contributed by atoms with E-state index in [1.807, 2.05) is 0 Å². The highest BCUT2D eigenvalue weighted by Gasteiger charge is 2.22. The molecular weight excluding hydrogens is 388 g/mol. The summed E-state index contributed by atoms with van der Waals surface area (Å²) in [6, 6.07) is 10.7. The van der Waals surface area contributed by atoms with E-state index in [2.05, 4.69) is 60.4 Å². The molecule has 0 unspecified atom stereocenters. The molecule has 0 bridgehead atoms. The number of anilines is 2. The van der Waals surface area contributed by atoms with E-state index in [9.17, 15) is 0 Å². The molecule has 1 aromatic heterocycles. The molecule has 156 valence electrons. The van der Waals surface area contributed by atoms with Crippen LogP contribution in [0.15, 0.2) is 30.3 Å². The fraction of sp³-hybridized carbons (Fsp3) is 0.571. The van der Waals surface area contributed by atoms with E-state index in [0.29, 0.717) is 17.8 Å². The molecule has 7 nitrogen and oxygen atoms in total. The molecule has 8 heteroatoms. The van der Waals surface area contributed by atoms with Gasteiger partial charge in [-0.1, -0.05) is 30.3 Å². The lowest BCUT2D eigenvalue weighted by molar-refractivity contribution is 0.0398. The lowest BCUT2D eigenvalue weighted by Gasteiger charge is -2.32. The Balaban J connectivity index is 1.28. The largest absolute Gasteiger partial charge is 0.379 e. The molecule has 0 spiro atoms. The SMILES string of the molecule is Clc1nc(NCCN2CCOCC2)nc(N2CCC(Cc3ccccc3)CC2)n1. The minimum absolute atomic E-state index is 0.246. The highest BCUT2D eigenvalue weighted by molar-refractivity contribution is 6.28. The Labute approximate surface area is 177 Å². The molecule has 3 heterocycles. The molecular formula is C21H29ClN6O. The van der Waals surface area contributed by atoms with Crippen LogP contribution < -0.4 is 10.2 Å². The first-order valence-corrected chi connectivity index (χ1v) is 10.9. The molecule has 0 amide bonds. The van der Waals surface area contributed by atoms with Crippen LogP contribution in [0.2, 0.25) is 5.28 Å². The molecule has 2 fully saturated rings. The number of halogens is 1. The molecule has 2 saturated heterocycles. The average Bonchev–Trinajstić information content (AvgIpc) is 2.75. The Kier molecular flexibility index (Phi) is 7.14. The molecule has 1 N–H and O–H groups in total. The van der Waals surface area contributed by atoms with Crippen molar-refractivity contribution in [2.45, 2.75) is 19.3 Å². The van der Waals surface area contributed by atoms with Crippen LogP contribution in [0.25, 0.3) is 0 Å². The van der Waals surface area contributed by atoms with Crippen molar-refractivity contribution in [3.05, 3.63) is 41.2 Å². The zero-order valence-electron chi connectivity index (χ0n) is 16.8. The fourth-order valence-corrected chi connectivity index (χ4v) is 4.15. The summed E-state index contributed by atoms with van der Waals surface area (Å²) in [6.07, 6.45) is 3.41. The van der Waals surface area contributed by atoms with Crippen molar-refractivity contribution in [3.8, 4) is 0 Å². The maximum Gasteiger partial charge on any atom is 0.231 e. The van der Waals surface area contributed by atoms with E-state index in [0.717, 1.165) is 71.7 Å². The third-order valence-corrected chi connectivity index (χ3v) is 5.84. The number of benzene rings is 1. The first kappa shape index (κ1) is 20.3. The lowest BCUT2D eigenvalue weighted by atomic mass is 9.90. The van der Waals surface area contributed by atoms with E-state index >= 15 is 0 Å². The smallest absolute Gasteiger partial charge is 0.231 e. The van der Waals surface area contributed by atoms with Gasteiger partial charge in [0.15, 0.2) is 0 Å². The van der Waals surface area contributed by atoms with Crippen LogP contribution in [0.5, 0.6) is 0 Å². The van der Waals surface area contributed by atoms with Gasteiger partial charge in [0.1, 0.15) is 0 Å². The summed E-state index contributed by atoms with van der Waals surface area (Å²) in [7, 11) is 0. The van der Waals surface area contributed by atoms with Crippen LogP contribution in [-0.4, -0.2) is 72.3 Å². The van der Waals surface area contributed by atoms with Crippen molar-refractivity contribution in [1.82, 2.24) is 19.9 Å². The van der Waals surface area contributed by atoms with E-state index in [4.69, 9.17) is 16.3 Å². The standard InChI is InChI=1S/C21H29ClN6O/c22-19-24-20(23-8-11-27-12-14-29-15-13-27)26-21(25-19)28-9-6-18(7-10-28)16-17-4-2-1-3-5-17/h1-5,18H,6-16H2,(H,23,24,25,26). The van der Waals surface area contributed by atoms with Crippen molar-refractivity contribution in [1.29, 1.82) is 0 Å². The Hall–Kier alpha value is -1.96. The maximum atomic E-state index is 6.18. The monoisotopic (exact) mass is 416 g/mol. The maximum absolute atomic E-state index is 6.18. The second-order valence-electron chi connectivity index (χ2n) is 7.73. The summed E-state index contributed by atoms with van der Waals surface area (Å²) in [6.45, 7) is 7.18. The first-order chi connectivity index (χ1) is 14.3. The van der Waals surface area contributed by atoms with Gasteiger partial charge in [-0.2, -0.15) is 15.0 Å². The van der Waals surface area contributed by atoms with Crippen molar-refractivity contribution in [2.24, 2.45) is 5.92 Å². The molecule has 0 atom stereocenters. The predicted octanol–water partition coefficient (Wildman–Crippen LogP) is 2.73. The zero-order chi connectivity index (χ0) is 19.9. The molecule has 2 aromatic rings. The van der Waals surface area contributed by atoms with Crippen LogP contribution in [0.1, 0.15) is 18.4 Å². The number of nitrogens with one attached hydrogen (secondary N) is 1. The minimum Gasteiger partial charge on any atom is -0.379 e. The number of piperidine rings is 1. The predicted molar refractivity (Wildman–Crippen MR) is 116 cm³/mol. The number of hydrogen-bond acceptors (Lipinski definition) is 7. The van der Waals surface area contributed by atoms with Gasteiger partial charge in [-0.3, -0.25) is 4.90 Å². The summed E-state index contributed by atoms with van der Waals surface area (Å²) in [5, 5.41) is 3.54. The molecule has 1 aromatic carbocycles. The number of hydrogen-bond donors (Lipinski definition) is 1. The van der Waals surface area contributed by atoms with Crippen LogP contribution in [0, 0.1) is 5.92 Å². The van der Waals surface area contributed by atoms with Gasteiger partial charge in [0.25, 0.3) is 0 Å². The van der Waals surface area contributed by atoms with Crippen LogP contribution >= 0.6 is 11.6 Å². The van der Waals surface area contributed by atoms with E-state index in [1.54, 1.807) is 0 Å². The first-order valence-electron chi connectivity index (χ1n) is 10.5. The molecule has 0 radical (unpaired) electrons.